The molecule has 1 heterocycles. The van der Waals surface area contributed by atoms with Gasteiger partial charge in [-0.05, 0) is 43.9 Å². The van der Waals surface area contributed by atoms with Gasteiger partial charge in [0.15, 0.2) is 5.16 Å². The molecule has 0 amide bonds. The second-order valence-electron chi connectivity index (χ2n) is 6.85. The lowest BCUT2D eigenvalue weighted by molar-refractivity contribution is 0.405. The molecule has 0 radical (unpaired) electrons. The summed E-state index contributed by atoms with van der Waals surface area (Å²) < 4.78 is 2.49. The molecule has 1 aromatic heterocycles. The smallest absolute Gasteiger partial charge is 0.191 e. The predicted octanol–water partition coefficient (Wildman–Crippen LogP) is 4.54. The van der Waals surface area contributed by atoms with Crippen molar-refractivity contribution in [2.75, 3.05) is 11.1 Å². The summed E-state index contributed by atoms with van der Waals surface area (Å²) in [6.07, 6.45) is 10.8. The van der Waals surface area contributed by atoms with Crippen LogP contribution in [0.3, 0.4) is 0 Å². The van der Waals surface area contributed by atoms with Gasteiger partial charge in [0.2, 0.25) is 0 Å². The van der Waals surface area contributed by atoms with E-state index in [9.17, 15) is 0 Å². The summed E-state index contributed by atoms with van der Waals surface area (Å²) >= 11 is 5.71. The summed E-state index contributed by atoms with van der Waals surface area (Å²) in [7, 11) is 0. The zero-order valence-corrected chi connectivity index (χ0v) is 14.3. The lowest BCUT2D eigenvalue weighted by atomic mass is 9.92. The number of thioether (sulfide) groups is 1. The summed E-state index contributed by atoms with van der Waals surface area (Å²) in [5.41, 5.74) is 0.505. The van der Waals surface area contributed by atoms with Crippen molar-refractivity contribution in [2.24, 2.45) is 5.41 Å². The first kappa shape index (κ1) is 13.6. The summed E-state index contributed by atoms with van der Waals surface area (Å²) in [4.78, 5) is 0. The van der Waals surface area contributed by atoms with E-state index < -0.39 is 0 Å². The normalized spacial score (nSPS) is 25.2. The Morgan fingerprint density at radius 1 is 1.15 bits per heavy atom. The molecule has 0 saturated heterocycles. The first-order valence-electron chi connectivity index (χ1n) is 7.95. The van der Waals surface area contributed by atoms with Gasteiger partial charge in [-0.2, -0.15) is 0 Å². The van der Waals surface area contributed by atoms with Crippen LogP contribution >= 0.6 is 27.7 Å². The van der Waals surface area contributed by atoms with E-state index in [1.54, 1.807) is 0 Å². The molecular formula is C15H22BrN3S. The highest BCUT2D eigenvalue weighted by atomic mass is 79.9. The molecule has 20 heavy (non-hydrogen) atoms. The van der Waals surface area contributed by atoms with E-state index in [1.165, 1.54) is 68.1 Å². The van der Waals surface area contributed by atoms with Crippen molar-refractivity contribution in [1.29, 1.82) is 0 Å². The highest BCUT2D eigenvalue weighted by Crippen LogP contribution is 2.48. The number of nitrogens with zero attached hydrogens (tertiary/aromatic N) is 3. The number of alkyl halides is 1. The van der Waals surface area contributed by atoms with Crippen LogP contribution in [0.5, 0.6) is 0 Å². The lowest BCUT2D eigenvalue weighted by Crippen LogP contribution is -2.21. The SMILES string of the molecule is BrCC1(CSc2nnc(C3CC3)n2C2CC2)CCCC1. The van der Waals surface area contributed by atoms with E-state index in [4.69, 9.17) is 0 Å². The molecule has 5 heteroatoms. The third kappa shape index (κ3) is 2.56. The van der Waals surface area contributed by atoms with E-state index >= 15 is 0 Å². The van der Waals surface area contributed by atoms with Crippen molar-refractivity contribution in [1.82, 2.24) is 14.8 Å². The van der Waals surface area contributed by atoms with Crippen LogP contribution in [-0.2, 0) is 0 Å². The van der Waals surface area contributed by atoms with Crippen LogP contribution in [0.4, 0.5) is 0 Å². The van der Waals surface area contributed by atoms with Crippen LogP contribution in [0.1, 0.15) is 69.2 Å². The molecular weight excluding hydrogens is 334 g/mol. The Hall–Kier alpha value is -0.0300. The van der Waals surface area contributed by atoms with E-state index in [2.05, 4.69) is 30.7 Å². The van der Waals surface area contributed by atoms with Crippen molar-refractivity contribution in [3.63, 3.8) is 0 Å². The second-order valence-corrected chi connectivity index (χ2v) is 8.35. The topological polar surface area (TPSA) is 30.7 Å². The molecule has 3 aliphatic carbocycles. The van der Waals surface area contributed by atoms with Gasteiger partial charge in [0.1, 0.15) is 5.82 Å². The van der Waals surface area contributed by atoms with Crippen LogP contribution in [0, 0.1) is 5.41 Å². The number of halogens is 1. The Kier molecular flexibility index (Phi) is 3.62. The summed E-state index contributed by atoms with van der Waals surface area (Å²) in [6, 6.07) is 0.714. The molecule has 1 aromatic rings. The molecule has 0 aromatic carbocycles. The van der Waals surface area contributed by atoms with Crippen LogP contribution in [0.25, 0.3) is 0 Å². The number of aromatic nitrogens is 3. The fraction of sp³-hybridized carbons (Fsp3) is 0.867. The highest BCUT2D eigenvalue weighted by molar-refractivity contribution is 9.09. The van der Waals surface area contributed by atoms with E-state index in [1.807, 2.05) is 11.8 Å². The number of rotatable bonds is 6. The van der Waals surface area contributed by atoms with Crippen molar-refractivity contribution < 1.29 is 0 Å². The molecule has 0 bridgehead atoms. The van der Waals surface area contributed by atoms with Crippen molar-refractivity contribution in [2.45, 2.75) is 68.5 Å². The molecule has 0 atom stereocenters. The minimum atomic E-state index is 0.505. The lowest BCUT2D eigenvalue weighted by Gasteiger charge is -2.25. The van der Waals surface area contributed by atoms with Gasteiger partial charge in [0.25, 0.3) is 0 Å². The van der Waals surface area contributed by atoms with Crippen LogP contribution in [-0.4, -0.2) is 25.8 Å². The molecule has 3 nitrogen and oxygen atoms in total. The average Bonchev–Trinajstić information content (AvgIpc) is 3.40. The fourth-order valence-electron chi connectivity index (χ4n) is 3.34. The minimum Gasteiger partial charge on any atom is -0.303 e. The maximum Gasteiger partial charge on any atom is 0.191 e. The average molecular weight is 356 g/mol. The van der Waals surface area contributed by atoms with E-state index in [0.29, 0.717) is 17.4 Å². The summed E-state index contributed by atoms with van der Waals surface area (Å²) in [6.45, 7) is 0. The largest absolute Gasteiger partial charge is 0.303 e. The third-order valence-corrected chi connectivity index (χ3v) is 7.48. The Morgan fingerprint density at radius 3 is 2.50 bits per heavy atom. The van der Waals surface area contributed by atoms with Gasteiger partial charge in [-0.1, -0.05) is 40.5 Å². The zero-order chi connectivity index (χ0) is 13.6. The van der Waals surface area contributed by atoms with E-state index in [-0.39, 0.29) is 0 Å². The van der Waals surface area contributed by atoms with Gasteiger partial charge in [-0.25, -0.2) is 0 Å². The van der Waals surface area contributed by atoms with Crippen LogP contribution in [0.15, 0.2) is 5.16 Å². The molecule has 3 fully saturated rings. The van der Waals surface area contributed by atoms with Crippen LogP contribution < -0.4 is 0 Å². The first-order chi connectivity index (χ1) is 9.81. The molecule has 0 N–H and O–H groups in total. The number of hydrogen-bond donors (Lipinski definition) is 0. The van der Waals surface area contributed by atoms with Crippen molar-refractivity contribution >= 4 is 27.7 Å². The summed E-state index contributed by atoms with van der Waals surface area (Å²) in [5.74, 6) is 3.21. The van der Waals surface area contributed by atoms with E-state index in [0.717, 1.165) is 5.33 Å². The van der Waals surface area contributed by atoms with Crippen molar-refractivity contribution in [3.8, 4) is 0 Å². The Labute approximate surface area is 133 Å². The molecule has 0 unspecified atom stereocenters. The van der Waals surface area contributed by atoms with Gasteiger partial charge in [-0.15, -0.1) is 10.2 Å². The maximum absolute atomic E-state index is 4.53. The van der Waals surface area contributed by atoms with Gasteiger partial charge in [0, 0.05) is 23.0 Å². The Balaban J connectivity index is 1.50. The standard InChI is InChI=1S/C15H22BrN3S/c16-9-15(7-1-2-8-15)10-20-14-18-17-13(11-3-4-11)19(14)12-5-6-12/h11-12H,1-10H2. The summed E-state index contributed by atoms with van der Waals surface area (Å²) in [5, 5.41) is 11.4. The van der Waals surface area contributed by atoms with Gasteiger partial charge < -0.3 is 4.57 Å². The quantitative estimate of drug-likeness (QED) is 0.554. The zero-order valence-electron chi connectivity index (χ0n) is 11.9. The molecule has 4 rings (SSSR count). The Morgan fingerprint density at radius 2 is 1.90 bits per heavy atom. The first-order valence-corrected chi connectivity index (χ1v) is 10.1. The molecule has 0 aliphatic heterocycles. The predicted molar refractivity (Wildman–Crippen MR) is 85.7 cm³/mol. The Bertz CT molecular complexity index is 487. The second kappa shape index (κ2) is 5.31. The minimum absolute atomic E-state index is 0.505. The fourth-order valence-corrected chi connectivity index (χ4v) is 5.67. The van der Waals surface area contributed by atoms with Gasteiger partial charge in [0.05, 0.1) is 0 Å². The number of hydrogen-bond acceptors (Lipinski definition) is 3. The van der Waals surface area contributed by atoms with Crippen LogP contribution in [0.2, 0.25) is 0 Å². The maximum atomic E-state index is 4.53. The van der Waals surface area contributed by atoms with Gasteiger partial charge in [-0.3, -0.25) is 0 Å². The van der Waals surface area contributed by atoms with Gasteiger partial charge >= 0.3 is 0 Å². The molecule has 3 saturated carbocycles. The van der Waals surface area contributed by atoms with Crippen molar-refractivity contribution in [3.05, 3.63) is 5.82 Å². The molecule has 0 spiro atoms. The molecule has 3 aliphatic rings. The molecule has 110 valence electrons. The monoisotopic (exact) mass is 355 g/mol. The highest BCUT2D eigenvalue weighted by Gasteiger charge is 2.38. The third-order valence-electron chi connectivity index (χ3n) is 5.00.